The van der Waals surface area contributed by atoms with Gasteiger partial charge in [-0.1, -0.05) is 6.07 Å². The van der Waals surface area contributed by atoms with Crippen LogP contribution in [0.1, 0.15) is 17.3 Å². The minimum Gasteiger partial charge on any atom is -0.375 e. The highest BCUT2D eigenvalue weighted by Crippen LogP contribution is 2.21. The average molecular weight is 235 g/mol. The van der Waals surface area contributed by atoms with Crippen molar-refractivity contribution in [3.63, 3.8) is 0 Å². The highest BCUT2D eigenvalue weighted by molar-refractivity contribution is 7.10. The Bertz CT molecular complexity index is 254. The Balaban J connectivity index is 2.23. The number of ether oxygens (including phenoxy) is 1. The first-order chi connectivity index (χ1) is 7.24. The normalized spacial score (nSPS) is 13.3. The molecule has 0 aliphatic heterocycles. The van der Waals surface area contributed by atoms with E-state index in [9.17, 15) is 8.78 Å². The van der Waals surface area contributed by atoms with Crippen molar-refractivity contribution in [2.24, 2.45) is 0 Å². The predicted octanol–water partition coefficient (Wildman–Crippen LogP) is 2.68. The molecule has 1 N–H and O–H groups in total. The largest absolute Gasteiger partial charge is 0.375 e. The molecule has 15 heavy (non-hydrogen) atoms. The van der Waals surface area contributed by atoms with Crippen molar-refractivity contribution in [3.8, 4) is 0 Å². The SMILES string of the molecule is CNC(CCOCC(F)F)c1cccs1. The zero-order valence-electron chi connectivity index (χ0n) is 8.58. The monoisotopic (exact) mass is 235 g/mol. The van der Waals surface area contributed by atoms with Gasteiger partial charge in [-0.2, -0.15) is 0 Å². The van der Waals surface area contributed by atoms with E-state index < -0.39 is 13.0 Å². The van der Waals surface area contributed by atoms with E-state index in [-0.39, 0.29) is 6.04 Å². The van der Waals surface area contributed by atoms with Gasteiger partial charge >= 0.3 is 0 Å². The lowest BCUT2D eigenvalue weighted by atomic mass is 10.2. The van der Waals surface area contributed by atoms with Crippen molar-refractivity contribution in [2.45, 2.75) is 18.9 Å². The lowest BCUT2D eigenvalue weighted by Crippen LogP contribution is -2.18. The summed E-state index contributed by atoms with van der Waals surface area (Å²) in [6.45, 7) is -0.116. The summed E-state index contributed by atoms with van der Waals surface area (Å²) in [6.07, 6.45) is -1.66. The summed E-state index contributed by atoms with van der Waals surface area (Å²) in [7, 11) is 1.86. The van der Waals surface area contributed by atoms with Gasteiger partial charge in [0.05, 0.1) is 0 Å². The minimum absolute atomic E-state index is 0.197. The number of thiophene rings is 1. The van der Waals surface area contributed by atoms with Crippen LogP contribution >= 0.6 is 11.3 Å². The predicted molar refractivity (Wildman–Crippen MR) is 57.6 cm³/mol. The molecule has 0 aliphatic rings. The first-order valence-corrected chi connectivity index (χ1v) is 5.68. The number of alkyl halides is 2. The summed E-state index contributed by atoms with van der Waals surface area (Å²) in [6, 6.07) is 4.20. The Morgan fingerprint density at radius 1 is 1.53 bits per heavy atom. The fourth-order valence-electron chi connectivity index (χ4n) is 1.29. The molecular weight excluding hydrogens is 220 g/mol. The highest BCUT2D eigenvalue weighted by Gasteiger charge is 2.10. The molecule has 2 nitrogen and oxygen atoms in total. The minimum atomic E-state index is -2.38. The number of nitrogens with one attached hydrogen (secondary N) is 1. The molecule has 0 aromatic carbocycles. The maximum Gasteiger partial charge on any atom is 0.261 e. The molecule has 1 unspecified atom stereocenters. The van der Waals surface area contributed by atoms with Crippen molar-refractivity contribution in [1.82, 2.24) is 5.32 Å². The first-order valence-electron chi connectivity index (χ1n) is 4.80. The van der Waals surface area contributed by atoms with Gasteiger partial charge in [0.1, 0.15) is 6.61 Å². The Kier molecular flexibility index (Phi) is 5.75. The fourth-order valence-corrected chi connectivity index (χ4v) is 2.16. The molecule has 0 fully saturated rings. The van der Waals surface area contributed by atoms with Crippen molar-refractivity contribution >= 4 is 11.3 Å². The molecule has 0 bridgehead atoms. The molecule has 5 heteroatoms. The highest BCUT2D eigenvalue weighted by atomic mass is 32.1. The first kappa shape index (κ1) is 12.5. The molecule has 1 atom stereocenters. The van der Waals surface area contributed by atoms with E-state index in [2.05, 4.69) is 5.32 Å². The summed E-state index contributed by atoms with van der Waals surface area (Å²) < 4.78 is 28.4. The van der Waals surface area contributed by atoms with Crippen LogP contribution in [0.4, 0.5) is 8.78 Å². The van der Waals surface area contributed by atoms with Crippen LogP contribution in [0, 0.1) is 0 Å². The molecule has 1 aromatic heterocycles. The van der Waals surface area contributed by atoms with Crippen molar-refractivity contribution < 1.29 is 13.5 Å². The molecule has 1 rings (SSSR count). The lowest BCUT2D eigenvalue weighted by Gasteiger charge is -2.14. The molecule has 1 aromatic rings. The quantitative estimate of drug-likeness (QED) is 0.734. The summed E-state index contributed by atoms with van der Waals surface area (Å²) in [5, 5.41) is 5.14. The Morgan fingerprint density at radius 3 is 2.87 bits per heavy atom. The van der Waals surface area contributed by atoms with E-state index in [0.29, 0.717) is 13.0 Å². The maximum absolute atomic E-state index is 11.8. The Labute approximate surface area is 92.3 Å². The lowest BCUT2D eigenvalue weighted by molar-refractivity contribution is 0.0146. The molecular formula is C10H15F2NOS. The molecule has 0 saturated heterocycles. The third-order valence-corrected chi connectivity index (χ3v) is 3.02. The van der Waals surface area contributed by atoms with Crippen LogP contribution in [0.2, 0.25) is 0 Å². The van der Waals surface area contributed by atoms with Crippen LogP contribution in [0.5, 0.6) is 0 Å². The summed E-state index contributed by atoms with van der Waals surface area (Å²) >= 11 is 1.65. The van der Waals surface area contributed by atoms with Crippen LogP contribution < -0.4 is 5.32 Å². The van der Waals surface area contributed by atoms with E-state index in [1.807, 2.05) is 24.6 Å². The third kappa shape index (κ3) is 4.68. The van der Waals surface area contributed by atoms with E-state index in [4.69, 9.17) is 4.74 Å². The zero-order valence-corrected chi connectivity index (χ0v) is 9.40. The smallest absolute Gasteiger partial charge is 0.261 e. The Morgan fingerprint density at radius 2 is 2.33 bits per heavy atom. The third-order valence-electron chi connectivity index (χ3n) is 2.03. The van der Waals surface area contributed by atoms with Crippen LogP contribution in [-0.4, -0.2) is 26.7 Å². The molecule has 1 heterocycles. The van der Waals surface area contributed by atoms with Gasteiger partial charge in [-0.15, -0.1) is 11.3 Å². The standard InChI is InChI=1S/C10H15F2NOS/c1-13-8(9-3-2-6-15-9)4-5-14-7-10(11)12/h2-3,6,8,10,13H,4-5,7H2,1H3. The number of hydrogen-bond donors (Lipinski definition) is 1. The molecule has 0 saturated carbocycles. The number of halogens is 2. The van der Waals surface area contributed by atoms with Gasteiger partial charge in [0, 0.05) is 17.5 Å². The van der Waals surface area contributed by atoms with Crippen LogP contribution in [0.3, 0.4) is 0 Å². The number of hydrogen-bond acceptors (Lipinski definition) is 3. The van der Waals surface area contributed by atoms with Crippen molar-refractivity contribution in [1.29, 1.82) is 0 Å². The average Bonchev–Trinajstić information content (AvgIpc) is 2.70. The fraction of sp³-hybridized carbons (Fsp3) is 0.600. The van der Waals surface area contributed by atoms with Gasteiger partial charge in [-0.25, -0.2) is 8.78 Å². The van der Waals surface area contributed by atoms with E-state index in [1.54, 1.807) is 11.3 Å². The van der Waals surface area contributed by atoms with Gasteiger partial charge in [0.15, 0.2) is 0 Å². The van der Waals surface area contributed by atoms with Gasteiger partial charge in [0.25, 0.3) is 6.43 Å². The van der Waals surface area contributed by atoms with Gasteiger partial charge in [-0.05, 0) is 24.9 Å². The molecule has 86 valence electrons. The zero-order chi connectivity index (χ0) is 11.1. The van der Waals surface area contributed by atoms with Crippen LogP contribution in [0.15, 0.2) is 17.5 Å². The van der Waals surface area contributed by atoms with Crippen molar-refractivity contribution in [2.75, 3.05) is 20.3 Å². The second-order valence-electron chi connectivity index (χ2n) is 3.11. The molecule has 0 spiro atoms. The van der Waals surface area contributed by atoms with Gasteiger partial charge < -0.3 is 10.1 Å². The Hall–Kier alpha value is -0.520. The maximum atomic E-state index is 11.8. The second-order valence-corrected chi connectivity index (χ2v) is 4.09. The molecule has 0 radical (unpaired) electrons. The summed E-state index contributed by atoms with van der Waals surface area (Å²) in [5.74, 6) is 0. The summed E-state index contributed by atoms with van der Waals surface area (Å²) in [5.41, 5.74) is 0. The van der Waals surface area contributed by atoms with E-state index >= 15 is 0 Å². The second kappa shape index (κ2) is 6.87. The van der Waals surface area contributed by atoms with Crippen LogP contribution in [-0.2, 0) is 4.74 Å². The van der Waals surface area contributed by atoms with Gasteiger partial charge in [-0.3, -0.25) is 0 Å². The summed E-state index contributed by atoms with van der Waals surface area (Å²) in [4.78, 5) is 1.21. The topological polar surface area (TPSA) is 21.3 Å². The van der Waals surface area contributed by atoms with Crippen LogP contribution in [0.25, 0.3) is 0 Å². The van der Waals surface area contributed by atoms with E-state index in [1.165, 1.54) is 4.88 Å². The van der Waals surface area contributed by atoms with Crippen molar-refractivity contribution in [3.05, 3.63) is 22.4 Å². The number of rotatable bonds is 7. The molecule has 0 amide bonds. The molecule has 0 aliphatic carbocycles. The van der Waals surface area contributed by atoms with E-state index in [0.717, 1.165) is 0 Å². The van der Waals surface area contributed by atoms with Gasteiger partial charge in [0.2, 0.25) is 0 Å².